The van der Waals surface area contributed by atoms with E-state index in [-0.39, 0.29) is 11.0 Å². The van der Waals surface area contributed by atoms with Crippen LogP contribution >= 0.6 is 23.4 Å². The Bertz CT molecular complexity index is 1390. The van der Waals surface area contributed by atoms with Gasteiger partial charge in [0.25, 0.3) is 5.56 Å². The Morgan fingerprint density at radius 3 is 2.50 bits per heavy atom. The predicted molar refractivity (Wildman–Crippen MR) is 118 cm³/mol. The first-order valence-corrected chi connectivity index (χ1v) is 10.5. The number of halogens is 1. The normalized spacial score (nSPS) is 11.8. The zero-order chi connectivity index (χ0) is 21.6. The first kappa shape index (κ1) is 20.6. The van der Waals surface area contributed by atoms with Crippen LogP contribution in [0, 0.1) is 0 Å². The fourth-order valence-electron chi connectivity index (χ4n) is 3.17. The van der Waals surface area contributed by atoms with Gasteiger partial charge in [0.15, 0.2) is 22.3 Å². The summed E-state index contributed by atoms with van der Waals surface area (Å²) < 4.78 is 4.13. The number of nitrogens with zero attached hydrogens (tertiary/aromatic N) is 7. The van der Waals surface area contributed by atoms with E-state index in [1.54, 1.807) is 17.5 Å². The van der Waals surface area contributed by atoms with Crippen molar-refractivity contribution in [3.05, 3.63) is 50.1 Å². The smallest absolute Gasteiger partial charge is 0.309 e. The first-order chi connectivity index (χ1) is 14.3. The van der Waals surface area contributed by atoms with E-state index in [1.807, 2.05) is 32.3 Å². The van der Waals surface area contributed by atoms with Gasteiger partial charge in [0.05, 0.1) is 5.02 Å². The van der Waals surface area contributed by atoms with E-state index in [0.29, 0.717) is 27.2 Å². The monoisotopic (exact) mass is 445 g/mol. The molecule has 0 radical (unpaired) electrons. The quantitative estimate of drug-likeness (QED) is 0.431. The zero-order valence-electron chi connectivity index (χ0n) is 17.0. The van der Waals surface area contributed by atoms with Crippen molar-refractivity contribution in [3.63, 3.8) is 0 Å². The second-order valence-corrected chi connectivity index (χ2v) is 8.58. The Morgan fingerprint density at radius 1 is 1.07 bits per heavy atom. The van der Waals surface area contributed by atoms with Gasteiger partial charge in [-0.15, -0.1) is 10.2 Å². The lowest BCUT2D eigenvalue weighted by molar-refractivity contribution is 0.437. The highest BCUT2D eigenvalue weighted by molar-refractivity contribution is 7.99. The van der Waals surface area contributed by atoms with E-state index in [1.165, 1.54) is 23.4 Å². The van der Waals surface area contributed by atoms with Crippen molar-refractivity contribution in [3.8, 4) is 11.4 Å². The topological polar surface area (TPSA) is 90.3 Å². The summed E-state index contributed by atoms with van der Waals surface area (Å²) in [4.78, 5) is 32.2. The van der Waals surface area contributed by atoms with Gasteiger partial charge in [-0.05, 0) is 26.2 Å². The minimum absolute atomic E-state index is 0.238. The van der Waals surface area contributed by atoms with Crippen molar-refractivity contribution in [1.82, 2.24) is 33.6 Å². The summed E-state index contributed by atoms with van der Waals surface area (Å²) in [5.74, 6) is 1.25. The van der Waals surface area contributed by atoms with Gasteiger partial charge in [-0.2, -0.15) is 0 Å². The Morgan fingerprint density at radius 2 is 1.80 bits per heavy atom. The summed E-state index contributed by atoms with van der Waals surface area (Å²) in [5, 5.41) is 9.96. The third-order valence-corrected chi connectivity index (χ3v) is 6.04. The second-order valence-electron chi connectivity index (χ2n) is 7.11. The van der Waals surface area contributed by atoms with Gasteiger partial charge in [-0.1, -0.05) is 35.5 Å². The summed E-state index contributed by atoms with van der Waals surface area (Å²) in [6.07, 6.45) is 0. The van der Waals surface area contributed by atoms with Gasteiger partial charge >= 0.3 is 5.69 Å². The maximum Gasteiger partial charge on any atom is 0.332 e. The molecule has 3 aromatic heterocycles. The molecule has 0 unspecified atom stereocenters. The van der Waals surface area contributed by atoms with Crippen molar-refractivity contribution in [2.24, 2.45) is 14.1 Å². The van der Waals surface area contributed by atoms with E-state index in [2.05, 4.69) is 15.1 Å². The molecule has 4 rings (SSSR count). The molecule has 0 bridgehead atoms. The van der Waals surface area contributed by atoms with Gasteiger partial charge in [0.1, 0.15) is 5.39 Å². The lowest BCUT2D eigenvalue weighted by Gasteiger charge is -2.13. The Labute approximate surface area is 180 Å². The highest BCUT2D eigenvalue weighted by Gasteiger charge is 2.22. The first-order valence-electron chi connectivity index (χ1n) is 9.18. The maximum absolute atomic E-state index is 12.9. The van der Waals surface area contributed by atoms with Gasteiger partial charge in [0.2, 0.25) is 0 Å². The molecule has 0 amide bonds. The third kappa shape index (κ3) is 3.30. The van der Waals surface area contributed by atoms with Crippen molar-refractivity contribution < 1.29 is 0 Å². The van der Waals surface area contributed by atoms with E-state index in [9.17, 15) is 9.59 Å². The second kappa shape index (κ2) is 7.86. The van der Waals surface area contributed by atoms with Crippen molar-refractivity contribution >= 4 is 40.0 Å². The summed E-state index contributed by atoms with van der Waals surface area (Å²) in [7, 11) is 7.01. The van der Waals surface area contributed by atoms with E-state index in [4.69, 9.17) is 16.6 Å². The molecular formula is C19H20ClN7O2S. The average molecular weight is 446 g/mol. The maximum atomic E-state index is 12.9. The highest BCUT2D eigenvalue weighted by Crippen LogP contribution is 2.31. The fourth-order valence-corrected chi connectivity index (χ4v) is 4.43. The highest BCUT2D eigenvalue weighted by atomic mass is 35.5. The summed E-state index contributed by atoms with van der Waals surface area (Å²) in [6, 6.07) is 7.28. The van der Waals surface area contributed by atoms with Crippen LogP contribution in [0.3, 0.4) is 0 Å². The molecule has 0 aliphatic heterocycles. The molecule has 0 spiro atoms. The van der Waals surface area contributed by atoms with Crippen LogP contribution < -0.4 is 11.2 Å². The summed E-state index contributed by atoms with van der Waals surface area (Å²) in [5.41, 5.74) is 0.317. The predicted octanol–water partition coefficient (Wildman–Crippen LogP) is 1.65. The number of aromatic nitrogens is 6. The van der Waals surface area contributed by atoms with Gasteiger partial charge in [-0.25, -0.2) is 9.78 Å². The molecule has 0 fully saturated rings. The number of fused-ring (bicyclic) bond motifs is 3. The van der Waals surface area contributed by atoms with E-state index in [0.717, 1.165) is 16.9 Å². The lowest BCUT2D eigenvalue weighted by atomic mass is 10.2. The number of thioether (sulfide) groups is 1. The lowest BCUT2D eigenvalue weighted by Crippen LogP contribution is -2.37. The van der Waals surface area contributed by atoms with Gasteiger partial charge < -0.3 is 4.90 Å². The van der Waals surface area contributed by atoms with Crippen LogP contribution in [0.15, 0.2) is 39.0 Å². The molecule has 9 nitrogen and oxygen atoms in total. The Balaban J connectivity index is 2.11. The van der Waals surface area contributed by atoms with Crippen molar-refractivity contribution in [2.45, 2.75) is 5.16 Å². The number of benzene rings is 1. The summed E-state index contributed by atoms with van der Waals surface area (Å²) in [6.45, 7) is 0.846. The molecule has 30 heavy (non-hydrogen) atoms. The number of hydrogen-bond donors (Lipinski definition) is 0. The standard InChI is InChI=1S/C19H20ClN7O2S/c1-24(2)9-10-30-18-23-22-16-13-15(25(3)19(29)26(4)17(13)28)21-14(27(16)18)11-7-5-6-8-12(11)20/h5-8H,9-10H2,1-4H3. The molecule has 1 aromatic carbocycles. The molecule has 4 aromatic rings. The Hall–Kier alpha value is -2.69. The van der Waals surface area contributed by atoms with Crippen LogP contribution in [0.2, 0.25) is 5.02 Å². The molecular weight excluding hydrogens is 426 g/mol. The Kier molecular flexibility index (Phi) is 5.39. The van der Waals surface area contributed by atoms with Crippen LogP contribution in [-0.4, -0.2) is 60.0 Å². The third-order valence-electron chi connectivity index (χ3n) is 4.80. The molecule has 0 atom stereocenters. The number of hydrogen-bond acceptors (Lipinski definition) is 7. The minimum Gasteiger partial charge on any atom is -0.309 e. The van der Waals surface area contributed by atoms with Crippen LogP contribution in [0.4, 0.5) is 0 Å². The van der Waals surface area contributed by atoms with Crippen LogP contribution in [-0.2, 0) is 14.1 Å². The molecule has 3 heterocycles. The van der Waals surface area contributed by atoms with Crippen molar-refractivity contribution in [2.75, 3.05) is 26.4 Å². The zero-order valence-corrected chi connectivity index (χ0v) is 18.5. The minimum atomic E-state index is -0.464. The molecule has 0 aliphatic carbocycles. The molecule has 156 valence electrons. The van der Waals surface area contributed by atoms with E-state index < -0.39 is 11.2 Å². The molecule has 0 N–H and O–H groups in total. The molecule has 0 saturated carbocycles. The van der Waals surface area contributed by atoms with Crippen LogP contribution in [0.5, 0.6) is 0 Å². The van der Waals surface area contributed by atoms with Crippen LogP contribution in [0.1, 0.15) is 0 Å². The molecule has 11 heteroatoms. The largest absolute Gasteiger partial charge is 0.332 e. The fraction of sp³-hybridized carbons (Fsp3) is 0.316. The average Bonchev–Trinajstić information content (AvgIpc) is 3.14. The molecule has 0 saturated heterocycles. The van der Waals surface area contributed by atoms with Crippen LogP contribution in [0.25, 0.3) is 28.1 Å². The molecule has 0 aliphatic rings. The number of aryl methyl sites for hydroxylation is 1. The van der Waals surface area contributed by atoms with Crippen molar-refractivity contribution in [1.29, 1.82) is 0 Å². The van der Waals surface area contributed by atoms with Gasteiger partial charge in [-0.3, -0.25) is 18.3 Å². The van der Waals surface area contributed by atoms with Gasteiger partial charge in [0, 0.05) is 32.0 Å². The summed E-state index contributed by atoms with van der Waals surface area (Å²) >= 11 is 7.97. The number of rotatable bonds is 5. The SMILES string of the molecule is CN(C)CCSc1nnc2c3c(=O)n(C)c(=O)n(C)c3nc(-c3ccccc3Cl)n12. The van der Waals surface area contributed by atoms with E-state index >= 15 is 0 Å².